The van der Waals surface area contributed by atoms with Gasteiger partial charge in [0, 0.05) is 35.3 Å². The number of aryl methyl sites for hydroxylation is 3. The molecular weight excluding hydrogens is 422 g/mol. The Morgan fingerprint density at radius 3 is 2.72 bits per heavy atom. The Morgan fingerprint density at radius 1 is 1.12 bits per heavy atom. The normalized spacial score (nSPS) is 12.3. The number of carbonyl (C=O) groups is 1. The monoisotopic (exact) mass is 445 g/mol. The van der Waals surface area contributed by atoms with Gasteiger partial charge in [-0.25, -0.2) is 0 Å². The molecule has 2 aromatic carbocycles. The van der Waals surface area contributed by atoms with Crippen LogP contribution in [0.25, 0.3) is 11.3 Å². The molecule has 162 valence electrons. The fourth-order valence-electron chi connectivity index (χ4n) is 4.32. The summed E-state index contributed by atoms with van der Waals surface area (Å²) in [6, 6.07) is 15.9. The molecule has 0 radical (unpaired) electrons. The molecule has 1 aliphatic carbocycles. The molecule has 0 saturated carbocycles. The van der Waals surface area contributed by atoms with Crippen molar-refractivity contribution in [2.45, 2.75) is 39.8 Å². The van der Waals surface area contributed by atoms with Crippen molar-refractivity contribution in [1.29, 1.82) is 0 Å². The second kappa shape index (κ2) is 8.32. The van der Waals surface area contributed by atoms with Crippen LogP contribution in [0.3, 0.4) is 0 Å². The van der Waals surface area contributed by atoms with Crippen molar-refractivity contribution in [3.05, 3.63) is 99.1 Å². The van der Waals surface area contributed by atoms with Gasteiger partial charge in [-0.3, -0.25) is 9.48 Å². The topological polar surface area (TPSA) is 60.1 Å². The summed E-state index contributed by atoms with van der Waals surface area (Å²) in [6.45, 7) is 5.11. The number of amides is 1. The molecule has 0 fully saturated rings. The van der Waals surface area contributed by atoms with E-state index in [1.807, 2.05) is 61.0 Å². The third kappa shape index (κ3) is 3.96. The Kier molecular flexibility index (Phi) is 5.35. The van der Waals surface area contributed by atoms with E-state index in [9.17, 15) is 4.79 Å². The van der Waals surface area contributed by atoms with Gasteiger partial charge in [0.25, 0.3) is 5.91 Å². The van der Waals surface area contributed by atoms with E-state index in [-0.39, 0.29) is 5.91 Å². The van der Waals surface area contributed by atoms with E-state index in [2.05, 4.69) is 17.6 Å². The minimum absolute atomic E-state index is 0.194. The quantitative estimate of drug-likeness (QED) is 0.442. The van der Waals surface area contributed by atoms with Crippen molar-refractivity contribution in [2.24, 2.45) is 0 Å². The van der Waals surface area contributed by atoms with Crippen LogP contribution in [0, 0.1) is 13.8 Å². The van der Waals surface area contributed by atoms with Crippen LogP contribution >= 0.6 is 11.6 Å². The van der Waals surface area contributed by atoms with Crippen molar-refractivity contribution in [2.75, 3.05) is 0 Å². The molecule has 2 heterocycles. The van der Waals surface area contributed by atoms with Crippen LogP contribution in [0.5, 0.6) is 0 Å². The van der Waals surface area contributed by atoms with Gasteiger partial charge in [-0.15, -0.1) is 0 Å². The number of hydrogen-bond donors (Lipinski definition) is 1. The summed E-state index contributed by atoms with van der Waals surface area (Å²) in [4.78, 5) is 12.9. The zero-order valence-corrected chi connectivity index (χ0v) is 18.9. The molecule has 0 bridgehead atoms. The molecular formula is C26H24ClN3O2. The minimum Gasteiger partial charge on any atom is -0.455 e. The highest BCUT2D eigenvalue weighted by Gasteiger charge is 2.29. The summed E-state index contributed by atoms with van der Waals surface area (Å²) >= 11 is 6.00. The lowest BCUT2D eigenvalue weighted by molar-refractivity contribution is 0.0920. The Labute approximate surface area is 192 Å². The van der Waals surface area contributed by atoms with Gasteiger partial charge < -0.3 is 9.73 Å². The van der Waals surface area contributed by atoms with Gasteiger partial charge in [-0.2, -0.15) is 5.10 Å². The van der Waals surface area contributed by atoms with Gasteiger partial charge in [0.1, 0.15) is 5.76 Å². The molecule has 4 aromatic rings. The lowest BCUT2D eigenvalue weighted by Gasteiger charge is -2.09. The predicted octanol–water partition coefficient (Wildman–Crippen LogP) is 5.49. The summed E-state index contributed by atoms with van der Waals surface area (Å²) in [5, 5.41) is 8.55. The largest absolute Gasteiger partial charge is 0.455 e. The fraction of sp³-hybridized carbons (Fsp3) is 0.231. The molecule has 6 heteroatoms. The highest BCUT2D eigenvalue weighted by atomic mass is 35.5. The third-order valence-electron chi connectivity index (χ3n) is 5.91. The van der Waals surface area contributed by atoms with E-state index in [1.165, 1.54) is 11.1 Å². The van der Waals surface area contributed by atoms with Crippen molar-refractivity contribution in [3.63, 3.8) is 0 Å². The number of fused-ring (bicyclic) bond motifs is 3. The van der Waals surface area contributed by atoms with E-state index in [0.29, 0.717) is 18.8 Å². The third-order valence-corrected chi connectivity index (χ3v) is 6.17. The molecule has 5 nitrogen and oxygen atoms in total. The lowest BCUT2D eigenvalue weighted by Crippen LogP contribution is -2.23. The summed E-state index contributed by atoms with van der Waals surface area (Å²) < 4.78 is 7.98. The first-order chi connectivity index (χ1) is 15.5. The maximum atomic E-state index is 12.9. The molecule has 0 spiro atoms. The van der Waals surface area contributed by atoms with Crippen molar-refractivity contribution in [1.82, 2.24) is 15.1 Å². The van der Waals surface area contributed by atoms with E-state index in [0.717, 1.165) is 51.6 Å². The first-order valence-electron chi connectivity index (χ1n) is 10.7. The highest BCUT2D eigenvalue weighted by molar-refractivity contribution is 6.30. The van der Waals surface area contributed by atoms with Crippen molar-refractivity contribution >= 4 is 17.5 Å². The zero-order valence-electron chi connectivity index (χ0n) is 18.1. The van der Waals surface area contributed by atoms with Crippen LogP contribution in [0.2, 0.25) is 5.02 Å². The number of rotatable bonds is 5. The second-order valence-corrected chi connectivity index (χ2v) is 8.79. The van der Waals surface area contributed by atoms with Gasteiger partial charge >= 0.3 is 0 Å². The maximum absolute atomic E-state index is 12.9. The number of aromatic nitrogens is 2. The number of carbonyl (C=O) groups excluding carboxylic acids is 1. The molecule has 2 aromatic heterocycles. The van der Waals surface area contributed by atoms with E-state index in [4.69, 9.17) is 21.1 Å². The van der Waals surface area contributed by atoms with Crippen molar-refractivity contribution in [3.8, 4) is 11.3 Å². The summed E-state index contributed by atoms with van der Waals surface area (Å²) in [5.41, 5.74) is 7.27. The molecule has 0 atom stereocenters. The standard InChI is InChI=1S/C26H24ClN3O2/c1-16-4-3-5-19(12-16)13-28-26(31)25-17(2)23-22(32-25)11-8-20-15-30(29-24(20)23)14-18-6-9-21(27)10-7-18/h3-7,9-10,12,15H,8,11,13-14H2,1-2H3,(H,28,31). The Bertz CT molecular complexity index is 1300. The van der Waals surface area contributed by atoms with E-state index < -0.39 is 0 Å². The summed E-state index contributed by atoms with van der Waals surface area (Å²) in [6.07, 6.45) is 3.71. The Morgan fingerprint density at radius 2 is 1.94 bits per heavy atom. The van der Waals surface area contributed by atoms with Gasteiger partial charge in [0.15, 0.2) is 5.76 Å². The summed E-state index contributed by atoms with van der Waals surface area (Å²) in [5.74, 6) is 1.02. The van der Waals surface area contributed by atoms with Gasteiger partial charge in [-0.1, -0.05) is 53.6 Å². The average Bonchev–Trinajstić information content (AvgIpc) is 3.34. The van der Waals surface area contributed by atoms with Crippen LogP contribution in [0.4, 0.5) is 0 Å². The Hall–Kier alpha value is -3.31. The zero-order chi connectivity index (χ0) is 22.2. The van der Waals surface area contributed by atoms with Crippen LogP contribution in [0.1, 0.15) is 44.1 Å². The molecule has 32 heavy (non-hydrogen) atoms. The number of hydrogen-bond acceptors (Lipinski definition) is 3. The fourth-order valence-corrected chi connectivity index (χ4v) is 4.45. The lowest BCUT2D eigenvalue weighted by atomic mass is 9.93. The second-order valence-electron chi connectivity index (χ2n) is 8.35. The molecule has 1 amide bonds. The average molecular weight is 446 g/mol. The first-order valence-corrected chi connectivity index (χ1v) is 11.1. The smallest absolute Gasteiger partial charge is 0.287 e. The number of benzene rings is 2. The number of nitrogens with zero attached hydrogens (tertiary/aromatic N) is 2. The predicted molar refractivity (Wildman–Crippen MR) is 125 cm³/mol. The van der Waals surface area contributed by atoms with Crippen LogP contribution in [0.15, 0.2) is 59.1 Å². The number of nitrogens with one attached hydrogen (secondary N) is 1. The number of halogens is 1. The van der Waals surface area contributed by atoms with E-state index >= 15 is 0 Å². The van der Waals surface area contributed by atoms with E-state index in [1.54, 1.807) is 0 Å². The van der Waals surface area contributed by atoms with Crippen LogP contribution in [-0.2, 0) is 25.9 Å². The van der Waals surface area contributed by atoms with Gasteiger partial charge in [-0.05, 0) is 49.1 Å². The van der Waals surface area contributed by atoms with Gasteiger partial charge in [0.2, 0.25) is 0 Å². The number of furan rings is 1. The molecule has 0 aliphatic heterocycles. The maximum Gasteiger partial charge on any atom is 0.287 e. The SMILES string of the molecule is Cc1cccc(CNC(=O)c2oc3c(c2C)-c2nn(Cc4ccc(Cl)cc4)cc2CC3)c1. The highest BCUT2D eigenvalue weighted by Crippen LogP contribution is 2.38. The molecule has 1 aliphatic rings. The molecule has 1 N–H and O–H groups in total. The van der Waals surface area contributed by atoms with Crippen molar-refractivity contribution < 1.29 is 9.21 Å². The van der Waals surface area contributed by atoms with Gasteiger partial charge in [0.05, 0.1) is 12.2 Å². The summed E-state index contributed by atoms with van der Waals surface area (Å²) in [7, 11) is 0. The van der Waals surface area contributed by atoms with Crippen LogP contribution < -0.4 is 5.32 Å². The first kappa shape index (κ1) is 20.6. The van der Waals surface area contributed by atoms with Crippen LogP contribution in [-0.4, -0.2) is 15.7 Å². The molecule has 0 unspecified atom stereocenters. The minimum atomic E-state index is -0.194. The molecule has 5 rings (SSSR count). The molecule has 0 saturated heterocycles. The Balaban J connectivity index is 1.38.